The van der Waals surface area contributed by atoms with Gasteiger partial charge in [-0.25, -0.2) is 4.98 Å². The first-order valence-electron chi connectivity index (χ1n) is 3.28. The summed E-state index contributed by atoms with van der Waals surface area (Å²) in [5.74, 6) is -0.877. The number of nitrogens with zero attached hydrogens (tertiary/aromatic N) is 1. The van der Waals surface area contributed by atoms with Crippen LogP contribution < -0.4 is 4.74 Å². The fraction of sp³-hybridized carbons (Fsp3) is 0.286. The predicted octanol–water partition coefficient (Wildman–Crippen LogP) is 2.16. The summed E-state index contributed by atoms with van der Waals surface area (Å²) in [7, 11) is 0. The highest BCUT2D eigenvalue weighted by molar-refractivity contribution is 5.16. The van der Waals surface area contributed by atoms with Gasteiger partial charge < -0.3 is 4.74 Å². The summed E-state index contributed by atoms with van der Waals surface area (Å²) in [6.45, 7) is -1.40. The number of halogens is 4. The second-order valence-corrected chi connectivity index (χ2v) is 2.22. The zero-order valence-corrected chi connectivity index (χ0v) is 6.31. The third kappa shape index (κ3) is 3.73. The summed E-state index contributed by atoms with van der Waals surface area (Å²) in [6, 6.07) is 2.00. The van der Waals surface area contributed by atoms with Crippen LogP contribution in [0.5, 0.6) is 5.75 Å². The maximum absolute atomic E-state index is 12.2. The van der Waals surface area contributed by atoms with Gasteiger partial charge in [0.2, 0.25) is 5.95 Å². The predicted molar refractivity (Wildman–Crippen MR) is 35.7 cm³/mol. The van der Waals surface area contributed by atoms with Crippen LogP contribution in [0.4, 0.5) is 17.6 Å². The maximum Gasteiger partial charge on any atom is 0.422 e. The van der Waals surface area contributed by atoms with Crippen LogP contribution >= 0.6 is 0 Å². The molecule has 0 aromatic carbocycles. The van der Waals surface area contributed by atoms with Gasteiger partial charge in [0.1, 0.15) is 5.75 Å². The van der Waals surface area contributed by atoms with Gasteiger partial charge >= 0.3 is 6.18 Å². The molecular formula is C7H5F4NO. The van der Waals surface area contributed by atoms with Crippen LogP contribution in [-0.2, 0) is 0 Å². The minimum Gasteiger partial charge on any atom is -0.483 e. The molecule has 0 radical (unpaired) electrons. The molecular weight excluding hydrogens is 190 g/mol. The van der Waals surface area contributed by atoms with E-state index in [1.165, 1.54) is 0 Å². The van der Waals surface area contributed by atoms with Crippen molar-refractivity contribution >= 4 is 0 Å². The molecule has 0 atom stereocenters. The van der Waals surface area contributed by atoms with E-state index in [4.69, 9.17) is 0 Å². The van der Waals surface area contributed by atoms with Crippen LogP contribution in [0.15, 0.2) is 18.3 Å². The van der Waals surface area contributed by atoms with Crippen molar-refractivity contribution in [2.75, 3.05) is 6.61 Å². The molecule has 0 aliphatic carbocycles. The topological polar surface area (TPSA) is 22.1 Å². The molecule has 1 aromatic rings. The number of hydrogen-bond acceptors (Lipinski definition) is 2. The van der Waals surface area contributed by atoms with Crippen LogP contribution in [0.2, 0.25) is 0 Å². The second-order valence-electron chi connectivity index (χ2n) is 2.22. The SMILES string of the molecule is Fc1ccc(OCC(F)(F)F)cn1. The zero-order chi connectivity index (χ0) is 9.90. The van der Waals surface area contributed by atoms with Gasteiger partial charge in [-0.2, -0.15) is 17.6 Å². The number of hydrogen-bond donors (Lipinski definition) is 0. The maximum atomic E-state index is 12.2. The van der Waals surface area contributed by atoms with Crippen molar-refractivity contribution in [2.45, 2.75) is 6.18 Å². The highest BCUT2D eigenvalue weighted by Crippen LogP contribution is 2.17. The molecule has 1 aromatic heterocycles. The van der Waals surface area contributed by atoms with Crippen LogP contribution in [0, 0.1) is 5.95 Å². The van der Waals surface area contributed by atoms with Crippen LogP contribution in [0.1, 0.15) is 0 Å². The molecule has 0 unspecified atom stereocenters. The van der Waals surface area contributed by atoms with Crippen molar-refractivity contribution in [3.63, 3.8) is 0 Å². The Morgan fingerprint density at radius 2 is 2.00 bits per heavy atom. The number of alkyl halides is 3. The van der Waals surface area contributed by atoms with Crippen LogP contribution in [0.3, 0.4) is 0 Å². The molecule has 72 valence electrons. The third-order valence-corrected chi connectivity index (χ3v) is 1.10. The Hall–Kier alpha value is -1.33. The summed E-state index contributed by atoms with van der Waals surface area (Å²) in [5.41, 5.74) is 0. The molecule has 6 heteroatoms. The Balaban J connectivity index is 2.51. The lowest BCUT2D eigenvalue weighted by molar-refractivity contribution is -0.153. The first-order valence-corrected chi connectivity index (χ1v) is 3.28. The van der Waals surface area contributed by atoms with Crippen molar-refractivity contribution in [3.8, 4) is 5.75 Å². The van der Waals surface area contributed by atoms with Gasteiger partial charge in [-0.05, 0) is 12.1 Å². The van der Waals surface area contributed by atoms with E-state index in [1.54, 1.807) is 0 Å². The van der Waals surface area contributed by atoms with Crippen molar-refractivity contribution in [1.82, 2.24) is 4.98 Å². The average molecular weight is 195 g/mol. The number of rotatable bonds is 2. The molecule has 0 saturated carbocycles. The smallest absolute Gasteiger partial charge is 0.422 e. The molecule has 0 N–H and O–H groups in total. The summed E-state index contributed by atoms with van der Waals surface area (Å²) in [5, 5.41) is 0. The van der Waals surface area contributed by atoms with E-state index in [9.17, 15) is 17.6 Å². The van der Waals surface area contributed by atoms with Crippen molar-refractivity contribution < 1.29 is 22.3 Å². The Kier molecular flexibility index (Phi) is 2.69. The number of aromatic nitrogens is 1. The standard InChI is InChI=1S/C7H5F4NO/c8-6-2-1-5(3-12-6)13-4-7(9,10)11/h1-3H,4H2. The normalized spacial score (nSPS) is 11.4. The van der Waals surface area contributed by atoms with E-state index in [0.717, 1.165) is 18.3 Å². The third-order valence-electron chi connectivity index (χ3n) is 1.10. The van der Waals surface area contributed by atoms with E-state index < -0.39 is 18.7 Å². The average Bonchev–Trinajstić information content (AvgIpc) is 2.02. The first-order chi connectivity index (χ1) is 5.97. The van der Waals surface area contributed by atoms with Gasteiger partial charge in [0.05, 0.1) is 6.20 Å². The minimum absolute atomic E-state index is 0.112. The molecule has 2 nitrogen and oxygen atoms in total. The highest BCUT2D eigenvalue weighted by Gasteiger charge is 2.28. The summed E-state index contributed by atoms with van der Waals surface area (Å²) in [6.07, 6.45) is -3.50. The van der Waals surface area contributed by atoms with E-state index in [2.05, 4.69) is 9.72 Å². The number of pyridine rings is 1. The van der Waals surface area contributed by atoms with Crippen LogP contribution in [-0.4, -0.2) is 17.8 Å². The Morgan fingerprint density at radius 3 is 2.46 bits per heavy atom. The molecule has 1 heterocycles. The summed E-state index contributed by atoms with van der Waals surface area (Å²) >= 11 is 0. The molecule has 0 saturated heterocycles. The molecule has 0 fully saturated rings. The minimum atomic E-state index is -4.39. The molecule has 1 rings (SSSR count). The summed E-state index contributed by atoms with van der Waals surface area (Å²) in [4.78, 5) is 3.12. The number of ether oxygens (including phenoxy) is 1. The van der Waals surface area contributed by atoms with Gasteiger partial charge in [-0.15, -0.1) is 0 Å². The van der Waals surface area contributed by atoms with E-state index in [1.807, 2.05) is 0 Å². The fourth-order valence-corrected chi connectivity index (χ4v) is 0.613. The molecule has 0 aliphatic heterocycles. The molecule has 0 aliphatic rings. The van der Waals surface area contributed by atoms with E-state index >= 15 is 0 Å². The quantitative estimate of drug-likeness (QED) is 0.532. The largest absolute Gasteiger partial charge is 0.483 e. The van der Waals surface area contributed by atoms with Gasteiger partial charge in [-0.3, -0.25) is 0 Å². The lowest BCUT2D eigenvalue weighted by atomic mass is 10.4. The zero-order valence-electron chi connectivity index (χ0n) is 6.31. The first kappa shape index (κ1) is 9.76. The van der Waals surface area contributed by atoms with Crippen LogP contribution in [0.25, 0.3) is 0 Å². The second kappa shape index (κ2) is 3.59. The van der Waals surface area contributed by atoms with E-state index in [0.29, 0.717) is 0 Å². The Bertz CT molecular complexity index is 269. The fourth-order valence-electron chi connectivity index (χ4n) is 0.613. The Morgan fingerprint density at radius 1 is 1.31 bits per heavy atom. The summed E-state index contributed by atoms with van der Waals surface area (Å²) < 4.78 is 51.2. The highest BCUT2D eigenvalue weighted by atomic mass is 19.4. The lowest BCUT2D eigenvalue weighted by Crippen LogP contribution is -2.19. The van der Waals surface area contributed by atoms with Gasteiger partial charge in [-0.1, -0.05) is 0 Å². The molecule has 0 amide bonds. The molecule has 0 spiro atoms. The van der Waals surface area contributed by atoms with E-state index in [-0.39, 0.29) is 5.75 Å². The van der Waals surface area contributed by atoms with Gasteiger partial charge in [0, 0.05) is 0 Å². The van der Waals surface area contributed by atoms with Crippen molar-refractivity contribution in [2.24, 2.45) is 0 Å². The molecule has 13 heavy (non-hydrogen) atoms. The molecule has 0 bridgehead atoms. The Labute approximate surface area is 71.2 Å². The van der Waals surface area contributed by atoms with Gasteiger partial charge in [0.15, 0.2) is 6.61 Å². The monoisotopic (exact) mass is 195 g/mol. The van der Waals surface area contributed by atoms with Crippen molar-refractivity contribution in [3.05, 3.63) is 24.3 Å². The van der Waals surface area contributed by atoms with Gasteiger partial charge in [0.25, 0.3) is 0 Å². The lowest BCUT2D eigenvalue weighted by Gasteiger charge is -2.07. The van der Waals surface area contributed by atoms with Crippen molar-refractivity contribution in [1.29, 1.82) is 0 Å².